The molecule has 9 heteroatoms. The lowest BCUT2D eigenvalue weighted by molar-refractivity contribution is 0.0628. The van der Waals surface area contributed by atoms with E-state index in [1.807, 2.05) is 54.6 Å². The minimum absolute atomic E-state index is 0.00831. The first-order valence-corrected chi connectivity index (χ1v) is 12.9. The van der Waals surface area contributed by atoms with Crippen molar-refractivity contribution in [2.24, 2.45) is 0 Å². The number of carbonyl (C=O) groups is 1. The average Bonchev–Trinajstić information content (AvgIpc) is 3.68. The van der Waals surface area contributed by atoms with Crippen molar-refractivity contribution in [3.05, 3.63) is 78.1 Å². The highest BCUT2D eigenvalue weighted by atomic mass is 16.5. The summed E-state index contributed by atoms with van der Waals surface area (Å²) in [6.07, 6.45) is 7.35. The third kappa shape index (κ3) is 4.98. The van der Waals surface area contributed by atoms with Crippen LogP contribution in [0.1, 0.15) is 41.6 Å². The monoisotopic (exact) mass is 505 g/mol. The normalized spacial score (nSPS) is 15.7. The van der Waals surface area contributed by atoms with Crippen molar-refractivity contribution in [2.45, 2.75) is 44.2 Å². The van der Waals surface area contributed by atoms with Gasteiger partial charge in [0, 0.05) is 48.7 Å². The van der Waals surface area contributed by atoms with Crippen LogP contribution in [0.2, 0.25) is 0 Å². The van der Waals surface area contributed by atoms with Crippen LogP contribution in [0.25, 0.3) is 22.8 Å². The van der Waals surface area contributed by atoms with E-state index in [0.29, 0.717) is 29.6 Å². The Bertz CT molecular complexity index is 1430. The molecule has 4 aromatic rings. The summed E-state index contributed by atoms with van der Waals surface area (Å²) in [6, 6.07) is 20.5. The third-order valence-corrected chi connectivity index (χ3v) is 7.14. The summed E-state index contributed by atoms with van der Waals surface area (Å²) < 4.78 is 5.55. The molecular weight excluding hydrogens is 478 g/mol. The lowest BCUT2D eigenvalue weighted by Gasteiger charge is -2.38. The Morgan fingerprint density at radius 2 is 1.58 bits per heavy atom. The van der Waals surface area contributed by atoms with E-state index in [1.54, 1.807) is 12.4 Å². The van der Waals surface area contributed by atoms with E-state index in [0.717, 1.165) is 55.5 Å². The molecule has 1 aliphatic heterocycles. The minimum atomic E-state index is -0.00831. The second kappa shape index (κ2) is 10.4. The lowest BCUT2D eigenvalue weighted by atomic mass is 10.0. The van der Waals surface area contributed by atoms with Gasteiger partial charge in [-0.05, 0) is 31.2 Å². The summed E-state index contributed by atoms with van der Waals surface area (Å²) in [5, 5.41) is 13.0. The van der Waals surface area contributed by atoms with Gasteiger partial charge in [-0.1, -0.05) is 59.8 Å². The molecule has 0 unspecified atom stereocenters. The fraction of sp³-hybridized carbons (Fsp3) is 0.310. The largest absolute Gasteiger partial charge is 0.332 e. The molecule has 0 spiro atoms. The Hall–Kier alpha value is -4.58. The molecule has 1 saturated carbocycles. The topological polar surface area (TPSA) is 112 Å². The molecule has 0 radical (unpaired) electrons. The van der Waals surface area contributed by atoms with Crippen LogP contribution < -0.4 is 4.90 Å². The van der Waals surface area contributed by atoms with E-state index in [4.69, 9.17) is 9.78 Å². The Labute approximate surface area is 220 Å². The van der Waals surface area contributed by atoms with Crippen molar-refractivity contribution in [3.63, 3.8) is 0 Å². The van der Waals surface area contributed by atoms with E-state index in [1.165, 1.54) is 0 Å². The van der Waals surface area contributed by atoms with Crippen molar-refractivity contribution >= 4 is 11.9 Å². The van der Waals surface area contributed by atoms with Gasteiger partial charge in [-0.25, -0.2) is 9.97 Å². The summed E-state index contributed by atoms with van der Waals surface area (Å²) >= 11 is 0. The number of benzene rings is 2. The molecule has 0 N–H and O–H groups in total. The zero-order chi connectivity index (χ0) is 25.9. The van der Waals surface area contributed by atoms with Gasteiger partial charge in [-0.15, -0.1) is 0 Å². The predicted octanol–water partition coefficient (Wildman–Crippen LogP) is 4.53. The first-order chi connectivity index (χ1) is 18.7. The van der Waals surface area contributed by atoms with Gasteiger partial charge in [0.25, 0.3) is 5.91 Å². The zero-order valence-electron chi connectivity index (χ0n) is 20.9. The van der Waals surface area contributed by atoms with Crippen molar-refractivity contribution < 1.29 is 9.32 Å². The number of rotatable bonds is 7. The number of piperidine rings is 1. The molecule has 2 fully saturated rings. The van der Waals surface area contributed by atoms with Crippen LogP contribution in [0.5, 0.6) is 0 Å². The summed E-state index contributed by atoms with van der Waals surface area (Å²) in [5.41, 5.74) is 3.24. The number of amides is 1. The molecule has 2 aliphatic rings. The Morgan fingerprint density at radius 1 is 0.921 bits per heavy atom. The number of carbonyl (C=O) groups excluding carboxylic acids is 1. The first kappa shape index (κ1) is 23.8. The Balaban J connectivity index is 1.11. The van der Waals surface area contributed by atoms with Gasteiger partial charge in [0.2, 0.25) is 5.82 Å². The van der Waals surface area contributed by atoms with E-state index >= 15 is 0 Å². The highest BCUT2D eigenvalue weighted by Gasteiger charge is 2.39. The molecule has 9 nitrogen and oxygen atoms in total. The second-order valence-corrected chi connectivity index (χ2v) is 9.76. The third-order valence-electron chi connectivity index (χ3n) is 7.14. The van der Waals surface area contributed by atoms with E-state index in [-0.39, 0.29) is 18.0 Å². The van der Waals surface area contributed by atoms with Crippen LogP contribution in [0.3, 0.4) is 0 Å². The van der Waals surface area contributed by atoms with Crippen molar-refractivity contribution in [1.82, 2.24) is 25.0 Å². The molecule has 6 rings (SSSR count). The van der Waals surface area contributed by atoms with Gasteiger partial charge in [0.05, 0.1) is 18.1 Å². The van der Waals surface area contributed by atoms with Crippen LogP contribution in [0.4, 0.5) is 6.01 Å². The van der Waals surface area contributed by atoms with E-state index in [9.17, 15) is 4.79 Å². The van der Waals surface area contributed by atoms with Gasteiger partial charge in [0.1, 0.15) is 0 Å². The first-order valence-electron chi connectivity index (χ1n) is 12.9. The molecule has 3 heterocycles. The summed E-state index contributed by atoms with van der Waals surface area (Å²) in [5.74, 6) is 1.14. The molecule has 0 bridgehead atoms. The van der Waals surface area contributed by atoms with E-state index < -0.39 is 0 Å². The molecule has 2 aromatic heterocycles. The van der Waals surface area contributed by atoms with E-state index in [2.05, 4.69) is 36.0 Å². The van der Waals surface area contributed by atoms with Crippen molar-refractivity contribution in [3.8, 4) is 28.8 Å². The number of nitrogens with zero attached hydrogens (tertiary/aromatic N) is 7. The number of hydrogen-bond acceptors (Lipinski definition) is 8. The van der Waals surface area contributed by atoms with Gasteiger partial charge in [0.15, 0.2) is 5.82 Å². The standard InChI is InChI=1S/C29H27N7O2/c30-15-12-20-6-8-22(9-7-20)26-31-18-23(19-32-26)28(37)36(24-10-11-24)25-13-16-35(17-14-25)29-33-27(34-38-29)21-4-2-1-3-5-21/h1-9,18-19,24-25H,10-14,16-17H2. The maximum absolute atomic E-state index is 13.6. The fourth-order valence-corrected chi connectivity index (χ4v) is 4.97. The summed E-state index contributed by atoms with van der Waals surface area (Å²) in [4.78, 5) is 31.2. The van der Waals surface area contributed by atoms with Crippen LogP contribution in [0.15, 0.2) is 71.5 Å². The Kier molecular flexibility index (Phi) is 6.53. The smallest absolute Gasteiger partial charge is 0.324 e. The van der Waals surface area contributed by atoms with Gasteiger partial charge in [-0.2, -0.15) is 10.2 Å². The maximum Gasteiger partial charge on any atom is 0.324 e. The number of nitriles is 1. The molecule has 0 atom stereocenters. The molecule has 2 aromatic carbocycles. The van der Waals surface area contributed by atoms with Gasteiger partial charge < -0.3 is 14.3 Å². The van der Waals surface area contributed by atoms with Crippen molar-refractivity contribution in [1.29, 1.82) is 5.26 Å². The minimum Gasteiger partial charge on any atom is -0.332 e. The molecule has 38 heavy (non-hydrogen) atoms. The van der Waals surface area contributed by atoms with Crippen LogP contribution in [0, 0.1) is 11.3 Å². The highest BCUT2D eigenvalue weighted by molar-refractivity contribution is 5.94. The summed E-state index contributed by atoms with van der Waals surface area (Å²) in [6.45, 7) is 1.49. The maximum atomic E-state index is 13.6. The molecule has 1 aliphatic carbocycles. The molecular formula is C29H27N7O2. The summed E-state index contributed by atoms with van der Waals surface area (Å²) in [7, 11) is 0. The number of anilines is 1. The highest BCUT2D eigenvalue weighted by Crippen LogP contribution is 2.34. The lowest BCUT2D eigenvalue weighted by Crippen LogP contribution is -2.48. The van der Waals surface area contributed by atoms with Crippen LogP contribution in [-0.2, 0) is 6.42 Å². The predicted molar refractivity (Wildman–Crippen MR) is 141 cm³/mol. The second-order valence-electron chi connectivity index (χ2n) is 9.76. The quantitative estimate of drug-likeness (QED) is 0.360. The zero-order valence-corrected chi connectivity index (χ0v) is 20.9. The van der Waals surface area contributed by atoms with Crippen LogP contribution in [-0.4, -0.2) is 56.1 Å². The van der Waals surface area contributed by atoms with Gasteiger partial charge >= 0.3 is 6.01 Å². The fourth-order valence-electron chi connectivity index (χ4n) is 4.97. The average molecular weight is 506 g/mol. The van der Waals surface area contributed by atoms with Gasteiger partial charge in [-0.3, -0.25) is 4.79 Å². The molecule has 1 amide bonds. The van der Waals surface area contributed by atoms with Crippen LogP contribution >= 0.6 is 0 Å². The Morgan fingerprint density at radius 3 is 2.24 bits per heavy atom. The van der Waals surface area contributed by atoms with Crippen molar-refractivity contribution in [2.75, 3.05) is 18.0 Å². The molecule has 190 valence electrons. The SMILES string of the molecule is N#CCc1ccc(-c2ncc(C(=O)N(C3CC3)C3CCN(c4nc(-c5ccccc5)no4)CC3)cn2)cc1. The number of aromatic nitrogens is 4. The molecule has 1 saturated heterocycles. The number of hydrogen-bond donors (Lipinski definition) is 0.